The topological polar surface area (TPSA) is 50.8 Å². The fourth-order valence-electron chi connectivity index (χ4n) is 3.05. The van der Waals surface area contributed by atoms with Crippen LogP contribution in [0.15, 0.2) is 18.2 Å². The summed E-state index contributed by atoms with van der Waals surface area (Å²) in [7, 11) is 3.50. The van der Waals surface area contributed by atoms with E-state index in [4.69, 9.17) is 9.47 Å². The van der Waals surface area contributed by atoms with Gasteiger partial charge in [0.2, 0.25) is 0 Å². The molecular weight excluding hydrogens is 292 g/mol. The van der Waals surface area contributed by atoms with Crippen LogP contribution in [0.3, 0.4) is 0 Å². The van der Waals surface area contributed by atoms with E-state index in [9.17, 15) is 4.79 Å². The molecule has 1 fully saturated rings. The Bertz CT molecular complexity index is 535. The highest BCUT2D eigenvalue weighted by Crippen LogP contribution is 2.30. The van der Waals surface area contributed by atoms with E-state index in [1.165, 1.54) is 0 Å². The first kappa shape index (κ1) is 17.6. The highest BCUT2D eigenvalue weighted by molar-refractivity contribution is 5.95. The molecule has 0 aliphatic carbocycles. The zero-order chi connectivity index (χ0) is 17.0. The fourth-order valence-corrected chi connectivity index (χ4v) is 3.05. The van der Waals surface area contributed by atoms with Gasteiger partial charge in [0.15, 0.2) is 0 Å². The number of amides is 1. The minimum Gasteiger partial charge on any atom is -0.492 e. The van der Waals surface area contributed by atoms with E-state index in [-0.39, 0.29) is 18.1 Å². The minimum absolute atomic E-state index is 0.0224. The Kier molecular flexibility index (Phi) is 5.88. The Labute approximate surface area is 139 Å². The van der Waals surface area contributed by atoms with E-state index in [0.717, 1.165) is 24.3 Å². The summed E-state index contributed by atoms with van der Waals surface area (Å²) in [4.78, 5) is 13.7. The summed E-state index contributed by atoms with van der Waals surface area (Å²) >= 11 is 0. The van der Waals surface area contributed by atoms with Gasteiger partial charge in [0.1, 0.15) is 5.75 Å². The molecule has 0 radical (unpaired) electrons. The lowest BCUT2D eigenvalue weighted by Crippen LogP contribution is -2.37. The van der Waals surface area contributed by atoms with Crippen molar-refractivity contribution in [3.05, 3.63) is 23.8 Å². The first-order chi connectivity index (χ1) is 10.9. The minimum atomic E-state index is -0.0224. The van der Waals surface area contributed by atoms with Crippen molar-refractivity contribution in [1.82, 2.24) is 4.90 Å². The quantitative estimate of drug-likeness (QED) is 0.905. The first-order valence-electron chi connectivity index (χ1n) is 8.31. The Hall–Kier alpha value is -1.75. The predicted octanol–water partition coefficient (Wildman–Crippen LogP) is 3.16. The van der Waals surface area contributed by atoms with Crippen molar-refractivity contribution in [3.63, 3.8) is 0 Å². The van der Waals surface area contributed by atoms with E-state index >= 15 is 0 Å². The molecule has 1 aliphatic heterocycles. The average molecular weight is 320 g/mol. The van der Waals surface area contributed by atoms with Gasteiger partial charge in [0.25, 0.3) is 5.91 Å². The van der Waals surface area contributed by atoms with Crippen LogP contribution in [0.25, 0.3) is 0 Å². The molecule has 0 saturated carbocycles. The summed E-state index contributed by atoms with van der Waals surface area (Å²) < 4.78 is 11.5. The molecule has 5 heteroatoms. The van der Waals surface area contributed by atoms with Crippen molar-refractivity contribution in [2.45, 2.75) is 51.9 Å². The number of hydrogen-bond donors (Lipinski definition) is 1. The van der Waals surface area contributed by atoms with Crippen LogP contribution in [0.4, 0.5) is 5.69 Å². The van der Waals surface area contributed by atoms with Gasteiger partial charge in [-0.1, -0.05) is 0 Å². The summed E-state index contributed by atoms with van der Waals surface area (Å²) in [6.45, 7) is 6.72. The van der Waals surface area contributed by atoms with E-state index in [1.807, 2.05) is 25.1 Å². The van der Waals surface area contributed by atoms with Crippen molar-refractivity contribution in [3.8, 4) is 5.75 Å². The maximum absolute atomic E-state index is 12.1. The number of nitrogens with one attached hydrogen (secondary N) is 1. The molecule has 1 N–H and O–H groups in total. The van der Waals surface area contributed by atoms with Crippen molar-refractivity contribution in [1.29, 1.82) is 0 Å². The Balaban J connectivity index is 2.18. The SMILES string of the molecule is CCOc1cc(C(=O)N(C)C)ccc1NC1CC(C)OC(C)C1. The van der Waals surface area contributed by atoms with Crippen molar-refractivity contribution >= 4 is 11.6 Å². The van der Waals surface area contributed by atoms with Crippen LogP contribution in [0.2, 0.25) is 0 Å². The number of carbonyl (C=O) groups is 1. The van der Waals surface area contributed by atoms with Crippen LogP contribution in [0, 0.1) is 0 Å². The number of anilines is 1. The van der Waals surface area contributed by atoms with Gasteiger partial charge in [-0.2, -0.15) is 0 Å². The highest BCUT2D eigenvalue weighted by atomic mass is 16.5. The van der Waals surface area contributed by atoms with Gasteiger partial charge in [-0.05, 0) is 51.8 Å². The molecule has 1 aromatic rings. The standard InChI is InChI=1S/C18H28N2O3/c1-6-22-17-11-14(18(21)20(4)5)7-8-16(17)19-15-9-12(2)23-13(3)10-15/h7-8,11-13,15,19H,6,9-10H2,1-5H3. The molecular formula is C18H28N2O3. The molecule has 2 rings (SSSR count). The molecule has 1 saturated heterocycles. The molecule has 0 bridgehead atoms. The fraction of sp³-hybridized carbons (Fsp3) is 0.611. The van der Waals surface area contributed by atoms with Gasteiger partial charge in [0.05, 0.1) is 24.5 Å². The van der Waals surface area contributed by atoms with Gasteiger partial charge in [-0.15, -0.1) is 0 Å². The Morgan fingerprint density at radius 2 is 1.96 bits per heavy atom. The molecule has 1 aliphatic rings. The second-order valence-electron chi connectivity index (χ2n) is 6.41. The van der Waals surface area contributed by atoms with Crippen molar-refractivity contribution < 1.29 is 14.3 Å². The highest BCUT2D eigenvalue weighted by Gasteiger charge is 2.25. The van der Waals surface area contributed by atoms with Crippen LogP contribution < -0.4 is 10.1 Å². The number of ether oxygens (including phenoxy) is 2. The number of rotatable bonds is 5. The summed E-state index contributed by atoms with van der Waals surface area (Å²) in [5.41, 5.74) is 1.58. The monoisotopic (exact) mass is 320 g/mol. The number of carbonyl (C=O) groups excluding carboxylic acids is 1. The third-order valence-corrected chi connectivity index (χ3v) is 3.99. The van der Waals surface area contributed by atoms with Gasteiger partial charge < -0.3 is 19.7 Å². The van der Waals surface area contributed by atoms with Crippen LogP contribution in [-0.2, 0) is 4.74 Å². The van der Waals surface area contributed by atoms with E-state index in [2.05, 4.69) is 19.2 Å². The van der Waals surface area contributed by atoms with Gasteiger partial charge in [0, 0.05) is 25.7 Å². The second kappa shape index (κ2) is 7.68. The predicted molar refractivity (Wildman–Crippen MR) is 92.3 cm³/mol. The maximum atomic E-state index is 12.1. The number of hydrogen-bond acceptors (Lipinski definition) is 4. The van der Waals surface area contributed by atoms with Gasteiger partial charge in [-0.3, -0.25) is 4.79 Å². The third-order valence-electron chi connectivity index (χ3n) is 3.99. The third kappa shape index (κ3) is 4.61. The van der Waals surface area contributed by atoms with Crippen molar-refractivity contribution in [2.24, 2.45) is 0 Å². The molecule has 2 unspecified atom stereocenters. The average Bonchev–Trinajstić information content (AvgIpc) is 2.47. The number of nitrogens with zero attached hydrogens (tertiary/aromatic N) is 1. The molecule has 0 spiro atoms. The number of benzene rings is 1. The van der Waals surface area contributed by atoms with Crippen LogP contribution in [0.5, 0.6) is 5.75 Å². The van der Waals surface area contributed by atoms with Crippen LogP contribution >= 0.6 is 0 Å². The second-order valence-corrected chi connectivity index (χ2v) is 6.41. The maximum Gasteiger partial charge on any atom is 0.253 e. The zero-order valence-corrected chi connectivity index (χ0v) is 14.8. The molecule has 1 heterocycles. The molecule has 0 aromatic heterocycles. The molecule has 1 amide bonds. The van der Waals surface area contributed by atoms with Crippen LogP contribution in [-0.4, -0.2) is 49.8 Å². The smallest absolute Gasteiger partial charge is 0.253 e. The normalized spacial score (nSPS) is 24.1. The summed E-state index contributed by atoms with van der Waals surface area (Å²) in [6, 6.07) is 5.95. The lowest BCUT2D eigenvalue weighted by atomic mass is 9.99. The Morgan fingerprint density at radius 3 is 2.52 bits per heavy atom. The lowest BCUT2D eigenvalue weighted by Gasteiger charge is -2.33. The summed E-state index contributed by atoms with van der Waals surface area (Å²) in [5.74, 6) is 0.706. The molecule has 1 aromatic carbocycles. The van der Waals surface area contributed by atoms with E-state index in [1.54, 1.807) is 19.0 Å². The summed E-state index contributed by atoms with van der Waals surface area (Å²) in [6.07, 6.45) is 2.44. The largest absolute Gasteiger partial charge is 0.492 e. The van der Waals surface area contributed by atoms with Crippen molar-refractivity contribution in [2.75, 3.05) is 26.0 Å². The van der Waals surface area contributed by atoms with E-state index in [0.29, 0.717) is 18.2 Å². The summed E-state index contributed by atoms with van der Waals surface area (Å²) in [5, 5.41) is 3.56. The van der Waals surface area contributed by atoms with Gasteiger partial charge >= 0.3 is 0 Å². The van der Waals surface area contributed by atoms with Gasteiger partial charge in [-0.25, -0.2) is 0 Å². The molecule has 2 atom stereocenters. The van der Waals surface area contributed by atoms with Crippen LogP contribution in [0.1, 0.15) is 44.0 Å². The Morgan fingerprint density at radius 1 is 1.30 bits per heavy atom. The molecule has 128 valence electrons. The zero-order valence-electron chi connectivity index (χ0n) is 14.8. The first-order valence-corrected chi connectivity index (χ1v) is 8.31. The molecule has 23 heavy (non-hydrogen) atoms. The van der Waals surface area contributed by atoms with E-state index < -0.39 is 0 Å². The molecule has 5 nitrogen and oxygen atoms in total. The lowest BCUT2D eigenvalue weighted by molar-refractivity contribution is -0.0338.